The quantitative estimate of drug-likeness (QED) is 0.442. The summed E-state index contributed by atoms with van der Waals surface area (Å²) in [6, 6.07) is 1.37. The fourth-order valence-electron chi connectivity index (χ4n) is 0.807. The van der Waals surface area contributed by atoms with Crippen LogP contribution < -0.4 is 0 Å². The molecule has 0 aliphatic carbocycles. The Hall–Kier alpha value is 0.177. The zero-order valence-corrected chi connectivity index (χ0v) is 8.44. The van der Waals surface area contributed by atoms with Crippen molar-refractivity contribution in [3.8, 4) is 0 Å². The molecule has 0 N–H and O–H groups in total. The first kappa shape index (κ1) is 10.2. The van der Waals surface area contributed by atoms with Crippen molar-refractivity contribution in [3.63, 3.8) is 0 Å². The summed E-state index contributed by atoms with van der Waals surface area (Å²) < 4.78 is 5.14. The van der Waals surface area contributed by atoms with Gasteiger partial charge in [-0.15, -0.1) is 0 Å². The third-order valence-electron chi connectivity index (χ3n) is 1.36. The van der Waals surface area contributed by atoms with Crippen LogP contribution in [0.5, 0.6) is 0 Å². The normalized spacial score (nSPS) is 12.0. The Labute approximate surface area is 65.8 Å². The highest BCUT2D eigenvalue weighted by molar-refractivity contribution is 6.76. The van der Waals surface area contributed by atoms with Crippen LogP contribution in [0.2, 0.25) is 25.7 Å². The summed E-state index contributed by atoms with van der Waals surface area (Å²) in [5, 5.41) is 0. The van der Waals surface area contributed by atoms with Crippen molar-refractivity contribution in [2.24, 2.45) is 0 Å². The molecule has 0 rings (SSSR count). The van der Waals surface area contributed by atoms with Gasteiger partial charge in [-0.1, -0.05) is 25.7 Å². The van der Waals surface area contributed by atoms with Gasteiger partial charge in [0.25, 0.3) is 0 Å². The summed E-state index contributed by atoms with van der Waals surface area (Å²) in [5.74, 6) is 0. The van der Waals surface area contributed by atoms with Crippen molar-refractivity contribution in [2.75, 3.05) is 13.2 Å². The second-order valence-corrected chi connectivity index (χ2v) is 9.40. The van der Waals surface area contributed by atoms with Crippen molar-refractivity contribution >= 4 is 8.07 Å². The average Bonchev–Trinajstić information content (AvgIpc) is 1.78. The Morgan fingerprint density at radius 1 is 1.30 bits per heavy atom. The Kier molecular flexibility index (Phi) is 5.00. The van der Waals surface area contributed by atoms with E-state index in [1.54, 1.807) is 0 Å². The topological polar surface area (TPSA) is 9.23 Å². The monoisotopic (exact) mass is 159 g/mol. The first-order valence-electron chi connectivity index (χ1n) is 3.93. The Morgan fingerprint density at radius 2 is 1.90 bits per heavy atom. The van der Waals surface area contributed by atoms with E-state index in [0.29, 0.717) is 6.61 Å². The molecule has 0 aromatic rings. The Morgan fingerprint density at radius 3 is 2.30 bits per heavy atom. The third-order valence-corrected chi connectivity index (χ3v) is 3.21. The van der Waals surface area contributed by atoms with Crippen molar-refractivity contribution in [3.05, 3.63) is 6.92 Å². The third kappa shape index (κ3) is 8.18. The first-order valence-corrected chi connectivity index (χ1v) is 7.64. The van der Waals surface area contributed by atoms with Gasteiger partial charge in [-0.05, 0) is 13.3 Å². The minimum absolute atomic E-state index is 0.617. The molecular weight excluding hydrogens is 140 g/mol. The molecule has 0 aromatic carbocycles. The second kappa shape index (κ2) is 4.91. The van der Waals surface area contributed by atoms with Gasteiger partial charge >= 0.3 is 0 Å². The molecule has 0 bridgehead atoms. The van der Waals surface area contributed by atoms with E-state index in [1.165, 1.54) is 12.5 Å². The molecule has 0 aliphatic rings. The maximum Gasteiger partial charge on any atom is 0.0466 e. The van der Waals surface area contributed by atoms with Crippen LogP contribution in [0.3, 0.4) is 0 Å². The highest BCUT2D eigenvalue weighted by Crippen LogP contribution is 2.10. The highest BCUT2D eigenvalue weighted by Gasteiger charge is 2.11. The van der Waals surface area contributed by atoms with Crippen LogP contribution in [-0.2, 0) is 4.74 Å². The molecule has 0 fully saturated rings. The summed E-state index contributed by atoms with van der Waals surface area (Å²) in [6.45, 7) is 12.3. The summed E-state index contributed by atoms with van der Waals surface area (Å²) in [6.07, 6.45) is 1.21. The zero-order valence-electron chi connectivity index (χ0n) is 7.44. The van der Waals surface area contributed by atoms with Crippen LogP contribution in [0.1, 0.15) is 6.42 Å². The van der Waals surface area contributed by atoms with Crippen LogP contribution in [0.4, 0.5) is 0 Å². The molecule has 0 saturated carbocycles. The van der Waals surface area contributed by atoms with Crippen LogP contribution in [0.15, 0.2) is 0 Å². The van der Waals surface area contributed by atoms with Crippen LogP contribution >= 0.6 is 0 Å². The molecule has 0 unspecified atom stereocenters. The second-order valence-electron chi connectivity index (χ2n) is 3.78. The lowest BCUT2D eigenvalue weighted by Gasteiger charge is -2.14. The standard InChI is InChI=1S/C8H19OSi/c1-5-9-7-6-8-10(2,3)4/h1,5-8H2,2-4H3. The molecule has 0 spiro atoms. The van der Waals surface area contributed by atoms with Gasteiger partial charge in [0.1, 0.15) is 0 Å². The lowest BCUT2D eigenvalue weighted by Crippen LogP contribution is -2.19. The Bertz CT molecular complexity index is 75.8. The molecule has 0 atom stereocenters. The molecule has 0 aliphatic heterocycles. The van der Waals surface area contributed by atoms with E-state index < -0.39 is 8.07 Å². The predicted molar refractivity (Wildman–Crippen MR) is 48.9 cm³/mol. The van der Waals surface area contributed by atoms with Gasteiger partial charge in [0, 0.05) is 21.3 Å². The average molecular weight is 159 g/mol. The van der Waals surface area contributed by atoms with E-state index in [0.717, 1.165) is 6.61 Å². The molecule has 0 aromatic heterocycles. The van der Waals surface area contributed by atoms with Gasteiger partial charge in [-0.3, -0.25) is 0 Å². The van der Waals surface area contributed by atoms with Gasteiger partial charge in [0.15, 0.2) is 0 Å². The summed E-state index contributed by atoms with van der Waals surface area (Å²) in [7, 11) is -0.808. The molecule has 10 heavy (non-hydrogen) atoms. The SMILES string of the molecule is [CH2]COCCC[Si](C)(C)C. The van der Waals surface area contributed by atoms with Crippen molar-refractivity contribution in [1.29, 1.82) is 0 Å². The highest BCUT2D eigenvalue weighted by atomic mass is 28.3. The number of ether oxygens (including phenoxy) is 1. The van der Waals surface area contributed by atoms with Crippen molar-refractivity contribution in [1.82, 2.24) is 0 Å². The van der Waals surface area contributed by atoms with E-state index in [2.05, 4.69) is 26.6 Å². The zero-order chi connectivity index (χ0) is 8.04. The van der Waals surface area contributed by atoms with Crippen LogP contribution in [0, 0.1) is 6.92 Å². The maximum absolute atomic E-state index is 5.14. The van der Waals surface area contributed by atoms with Gasteiger partial charge < -0.3 is 4.74 Å². The van der Waals surface area contributed by atoms with Crippen molar-refractivity contribution < 1.29 is 4.74 Å². The fraction of sp³-hybridized carbons (Fsp3) is 0.875. The lowest BCUT2D eigenvalue weighted by molar-refractivity contribution is 0.161. The molecule has 0 heterocycles. The summed E-state index contributed by atoms with van der Waals surface area (Å²) in [4.78, 5) is 0. The van der Waals surface area contributed by atoms with Gasteiger partial charge in [-0.2, -0.15) is 0 Å². The molecule has 1 radical (unpaired) electrons. The first-order chi connectivity index (χ1) is 4.56. The predicted octanol–water partition coefficient (Wildman–Crippen LogP) is 2.57. The largest absolute Gasteiger partial charge is 0.381 e. The van der Waals surface area contributed by atoms with Gasteiger partial charge in [-0.25, -0.2) is 0 Å². The minimum Gasteiger partial charge on any atom is -0.381 e. The lowest BCUT2D eigenvalue weighted by atomic mass is 10.5. The van der Waals surface area contributed by atoms with Gasteiger partial charge in [0.2, 0.25) is 0 Å². The molecular formula is C8H19OSi. The summed E-state index contributed by atoms with van der Waals surface area (Å²) in [5.41, 5.74) is 0. The number of hydrogen-bond donors (Lipinski definition) is 0. The van der Waals surface area contributed by atoms with E-state index in [-0.39, 0.29) is 0 Å². The maximum atomic E-state index is 5.14. The van der Waals surface area contributed by atoms with E-state index in [9.17, 15) is 0 Å². The van der Waals surface area contributed by atoms with E-state index in [4.69, 9.17) is 4.74 Å². The molecule has 61 valence electrons. The molecule has 0 amide bonds. The fourth-order valence-corrected chi connectivity index (χ4v) is 2.01. The van der Waals surface area contributed by atoms with Crippen LogP contribution in [-0.4, -0.2) is 21.3 Å². The molecule has 1 nitrogen and oxygen atoms in total. The smallest absolute Gasteiger partial charge is 0.0466 e. The van der Waals surface area contributed by atoms with E-state index in [1.807, 2.05) is 0 Å². The molecule has 0 saturated heterocycles. The summed E-state index contributed by atoms with van der Waals surface area (Å²) >= 11 is 0. The van der Waals surface area contributed by atoms with Gasteiger partial charge in [0.05, 0.1) is 0 Å². The van der Waals surface area contributed by atoms with Crippen LogP contribution in [0.25, 0.3) is 0 Å². The van der Waals surface area contributed by atoms with E-state index >= 15 is 0 Å². The minimum atomic E-state index is -0.808. The van der Waals surface area contributed by atoms with Crippen molar-refractivity contribution in [2.45, 2.75) is 32.1 Å². The number of hydrogen-bond acceptors (Lipinski definition) is 1. The Balaban J connectivity index is 3.04. The number of rotatable bonds is 5. The molecule has 2 heteroatoms.